The van der Waals surface area contributed by atoms with Gasteiger partial charge < -0.3 is 10.1 Å². The van der Waals surface area contributed by atoms with Gasteiger partial charge in [0.05, 0.1) is 7.11 Å². The molecule has 1 aliphatic carbocycles. The molecule has 0 bridgehead atoms. The van der Waals surface area contributed by atoms with E-state index in [0.717, 1.165) is 32.0 Å². The maximum absolute atomic E-state index is 12.2. The number of nitrogens with zero attached hydrogens (tertiary/aromatic N) is 1. The molecule has 0 aromatic heterocycles. The fraction of sp³-hybridized carbons (Fsp3) is 0.941. The molecule has 0 aromatic carbocycles. The van der Waals surface area contributed by atoms with Crippen LogP contribution in [0.15, 0.2) is 0 Å². The van der Waals surface area contributed by atoms with Crippen molar-refractivity contribution >= 4 is 5.97 Å². The van der Waals surface area contributed by atoms with Crippen molar-refractivity contribution in [2.45, 2.75) is 70.4 Å². The lowest BCUT2D eigenvalue weighted by molar-refractivity contribution is -0.149. The van der Waals surface area contributed by atoms with Crippen LogP contribution in [-0.2, 0) is 9.53 Å². The van der Waals surface area contributed by atoms with Crippen LogP contribution >= 0.6 is 0 Å². The quantitative estimate of drug-likeness (QED) is 0.733. The summed E-state index contributed by atoms with van der Waals surface area (Å²) >= 11 is 0. The summed E-state index contributed by atoms with van der Waals surface area (Å²) < 4.78 is 5.06. The second-order valence-electron chi connectivity index (χ2n) is 6.98. The second-order valence-corrected chi connectivity index (χ2v) is 6.98. The molecule has 0 spiro atoms. The van der Waals surface area contributed by atoms with E-state index in [0.29, 0.717) is 6.04 Å². The highest BCUT2D eigenvalue weighted by Crippen LogP contribution is 2.36. The summed E-state index contributed by atoms with van der Waals surface area (Å²) in [6, 6.07) is 0.680. The van der Waals surface area contributed by atoms with Gasteiger partial charge in [-0.15, -0.1) is 0 Å². The number of carbonyl (C=O) groups is 1. The fourth-order valence-corrected chi connectivity index (χ4v) is 4.15. The molecule has 1 heterocycles. The maximum Gasteiger partial charge on any atom is 0.327 e. The van der Waals surface area contributed by atoms with E-state index in [4.69, 9.17) is 4.74 Å². The van der Waals surface area contributed by atoms with Crippen LogP contribution in [0, 0.1) is 5.92 Å². The van der Waals surface area contributed by atoms with E-state index in [1.54, 1.807) is 0 Å². The molecule has 2 aliphatic rings. The van der Waals surface area contributed by atoms with Gasteiger partial charge in [-0.3, -0.25) is 9.69 Å². The Morgan fingerprint density at radius 1 is 1.29 bits per heavy atom. The molecule has 2 unspecified atom stereocenters. The molecule has 0 aromatic rings. The first-order valence-corrected chi connectivity index (χ1v) is 8.68. The van der Waals surface area contributed by atoms with E-state index in [1.807, 2.05) is 6.92 Å². The zero-order valence-corrected chi connectivity index (χ0v) is 14.0. The molecular formula is C17H32N2O2. The van der Waals surface area contributed by atoms with Crippen molar-refractivity contribution in [3.05, 3.63) is 0 Å². The average Bonchev–Trinajstić information content (AvgIpc) is 3.14. The zero-order chi connectivity index (χ0) is 15.3. The first-order chi connectivity index (χ1) is 10.1. The Hall–Kier alpha value is -0.610. The summed E-state index contributed by atoms with van der Waals surface area (Å²) in [5, 5.41) is 3.42. The Morgan fingerprint density at radius 3 is 2.62 bits per heavy atom. The molecular weight excluding hydrogens is 264 g/mol. The van der Waals surface area contributed by atoms with E-state index in [2.05, 4.69) is 17.1 Å². The number of esters is 1. The van der Waals surface area contributed by atoms with Crippen LogP contribution in [0.25, 0.3) is 0 Å². The van der Waals surface area contributed by atoms with Gasteiger partial charge in [-0.05, 0) is 58.0 Å². The van der Waals surface area contributed by atoms with Crippen molar-refractivity contribution < 1.29 is 9.53 Å². The minimum atomic E-state index is -0.577. The van der Waals surface area contributed by atoms with E-state index in [-0.39, 0.29) is 5.97 Å². The van der Waals surface area contributed by atoms with Gasteiger partial charge in [0.15, 0.2) is 0 Å². The summed E-state index contributed by atoms with van der Waals surface area (Å²) in [7, 11) is 1.49. The number of likely N-dealkylation sites (tertiary alicyclic amines) is 1. The highest BCUT2D eigenvalue weighted by molar-refractivity contribution is 5.80. The van der Waals surface area contributed by atoms with Gasteiger partial charge in [0.1, 0.15) is 5.54 Å². The summed E-state index contributed by atoms with van der Waals surface area (Å²) in [6.45, 7) is 6.89. The Morgan fingerprint density at radius 2 is 2.00 bits per heavy atom. The maximum atomic E-state index is 12.2. The number of ether oxygens (including phenoxy) is 1. The molecule has 0 amide bonds. The lowest BCUT2D eigenvalue weighted by Gasteiger charge is -2.37. The van der Waals surface area contributed by atoms with Crippen LogP contribution in [0.3, 0.4) is 0 Å². The van der Waals surface area contributed by atoms with Crippen molar-refractivity contribution in [1.82, 2.24) is 10.2 Å². The molecule has 0 radical (unpaired) electrons. The predicted octanol–water partition coefficient (Wildman–Crippen LogP) is 2.57. The van der Waals surface area contributed by atoms with Crippen LogP contribution in [0.1, 0.15) is 58.8 Å². The van der Waals surface area contributed by atoms with Gasteiger partial charge in [0.2, 0.25) is 0 Å². The molecule has 2 fully saturated rings. The van der Waals surface area contributed by atoms with Gasteiger partial charge in [-0.2, -0.15) is 0 Å². The summed E-state index contributed by atoms with van der Waals surface area (Å²) in [5.41, 5.74) is -0.577. The summed E-state index contributed by atoms with van der Waals surface area (Å²) in [6.07, 6.45) is 9.12. The van der Waals surface area contributed by atoms with E-state index < -0.39 is 5.54 Å². The molecule has 1 saturated heterocycles. The van der Waals surface area contributed by atoms with Gasteiger partial charge in [-0.1, -0.05) is 19.8 Å². The van der Waals surface area contributed by atoms with Gasteiger partial charge in [0.25, 0.3) is 0 Å². The number of carbonyl (C=O) groups excluding carboxylic acids is 1. The van der Waals surface area contributed by atoms with Crippen molar-refractivity contribution in [2.24, 2.45) is 5.92 Å². The predicted molar refractivity (Wildman–Crippen MR) is 85.3 cm³/mol. The Kier molecular flexibility index (Phi) is 6.06. The largest absolute Gasteiger partial charge is 0.468 e. The Bertz CT molecular complexity index is 342. The third kappa shape index (κ3) is 3.98. The third-order valence-corrected chi connectivity index (χ3v) is 5.28. The molecule has 1 saturated carbocycles. The van der Waals surface area contributed by atoms with Crippen LogP contribution in [-0.4, -0.2) is 49.2 Å². The third-order valence-electron chi connectivity index (χ3n) is 5.28. The Balaban J connectivity index is 2.02. The van der Waals surface area contributed by atoms with E-state index >= 15 is 0 Å². The lowest BCUT2D eigenvalue weighted by atomic mass is 9.94. The van der Waals surface area contributed by atoms with Crippen LogP contribution < -0.4 is 5.32 Å². The minimum absolute atomic E-state index is 0.131. The first kappa shape index (κ1) is 16.8. The highest BCUT2D eigenvalue weighted by Gasteiger charge is 2.41. The van der Waals surface area contributed by atoms with Crippen molar-refractivity contribution in [2.75, 3.05) is 26.7 Å². The van der Waals surface area contributed by atoms with Crippen molar-refractivity contribution in [3.8, 4) is 0 Å². The van der Waals surface area contributed by atoms with Crippen molar-refractivity contribution in [1.29, 1.82) is 0 Å². The number of hydrogen-bond donors (Lipinski definition) is 1. The molecule has 1 N–H and O–H groups in total. The summed E-state index contributed by atoms with van der Waals surface area (Å²) in [4.78, 5) is 14.8. The molecule has 2 atom stereocenters. The number of hydrogen-bond acceptors (Lipinski definition) is 4. The first-order valence-electron chi connectivity index (χ1n) is 8.68. The van der Waals surface area contributed by atoms with E-state index in [9.17, 15) is 4.79 Å². The molecule has 4 heteroatoms. The standard InChI is InChI=1S/C17H32N2O2/c1-4-11-18-17(2,16(20)21-3)13-19-12-7-10-15(19)14-8-5-6-9-14/h14-15,18H,4-13H2,1-3H3. The number of rotatable bonds is 7. The van der Waals surface area contributed by atoms with Crippen LogP contribution in [0.5, 0.6) is 0 Å². The molecule has 122 valence electrons. The monoisotopic (exact) mass is 296 g/mol. The molecule has 4 nitrogen and oxygen atoms in total. The topological polar surface area (TPSA) is 41.6 Å². The molecule has 1 aliphatic heterocycles. The highest BCUT2D eigenvalue weighted by atomic mass is 16.5. The van der Waals surface area contributed by atoms with Gasteiger partial charge in [-0.25, -0.2) is 0 Å². The fourth-order valence-electron chi connectivity index (χ4n) is 4.15. The van der Waals surface area contributed by atoms with Gasteiger partial charge in [0, 0.05) is 12.6 Å². The Labute approximate surface area is 129 Å². The molecule has 21 heavy (non-hydrogen) atoms. The van der Waals surface area contributed by atoms with Crippen molar-refractivity contribution in [3.63, 3.8) is 0 Å². The number of nitrogens with one attached hydrogen (secondary N) is 1. The van der Waals surface area contributed by atoms with Crippen LogP contribution in [0.2, 0.25) is 0 Å². The smallest absolute Gasteiger partial charge is 0.327 e. The van der Waals surface area contributed by atoms with E-state index in [1.165, 1.54) is 45.6 Å². The minimum Gasteiger partial charge on any atom is -0.468 e. The number of methoxy groups -OCH3 is 1. The zero-order valence-electron chi connectivity index (χ0n) is 14.0. The van der Waals surface area contributed by atoms with Crippen LogP contribution in [0.4, 0.5) is 0 Å². The second kappa shape index (κ2) is 7.59. The summed E-state index contributed by atoms with van der Waals surface area (Å²) in [5.74, 6) is 0.716. The normalized spacial score (nSPS) is 26.9. The van der Waals surface area contributed by atoms with Gasteiger partial charge >= 0.3 is 5.97 Å². The SMILES string of the molecule is CCCNC(C)(CN1CCCC1C1CCCC1)C(=O)OC. The molecule has 2 rings (SSSR count). The average molecular weight is 296 g/mol. The lowest BCUT2D eigenvalue weighted by Crippen LogP contribution is -2.58.